The SMILES string of the molecule is NC(c1cc2ccccc2o1)C1CCc2ccccc2C1. The standard InChI is InChI=1S/C19H19NO/c20-19(18-12-15-7-3-4-8-17(15)21-18)16-10-9-13-5-1-2-6-14(13)11-16/h1-8,12,16,19H,9-11,20H2. The second kappa shape index (κ2) is 5.05. The molecule has 1 aliphatic rings. The van der Waals surface area contributed by atoms with Crippen LogP contribution in [-0.2, 0) is 12.8 Å². The molecular formula is C19H19NO. The lowest BCUT2D eigenvalue weighted by Gasteiger charge is -2.28. The van der Waals surface area contributed by atoms with Crippen LogP contribution in [0.25, 0.3) is 11.0 Å². The van der Waals surface area contributed by atoms with Gasteiger partial charge in [0.2, 0.25) is 0 Å². The quantitative estimate of drug-likeness (QED) is 0.761. The molecule has 0 saturated carbocycles. The van der Waals surface area contributed by atoms with Gasteiger partial charge in [0.1, 0.15) is 11.3 Å². The van der Waals surface area contributed by atoms with Crippen molar-refractivity contribution in [1.29, 1.82) is 0 Å². The summed E-state index contributed by atoms with van der Waals surface area (Å²) in [6.45, 7) is 0. The van der Waals surface area contributed by atoms with Crippen molar-refractivity contribution >= 4 is 11.0 Å². The van der Waals surface area contributed by atoms with E-state index in [1.807, 2.05) is 18.2 Å². The Morgan fingerprint density at radius 3 is 2.62 bits per heavy atom. The summed E-state index contributed by atoms with van der Waals surface area (Å²) < 4.78 is 5.95. The first kappa shape index (κ1) is 12.7. The van der Waals surface area contributed by atoms with E-state index in [-0.39, 0.29) is 6.04 Å². The van der Waals surface area contributed by atoms with Gasteiger partial charge in [-0.15, -0.1) is 0 Å². The number of nitrogens with two attached hydrogens (primary N) is 1. The second-order valence-electron chi connectivity index (χ2n) is 5.98. The predicted octanol–water partition coefficient (Wildman–Crippen LogP) is 4.24. The molecule has 0 fully saturated rings. The van der Waals surface area contributed by atoms with E-state index < -0.39 is 0 Å². The highest BCUT2D eigenvalue weighted by Gasteiger charge is 2.26. The highest BCUT2D eigenvalue weighted by molar-refractivity contribution is 5.77. The highest BCUT2D eigenvalue weighted by atomic mass is 16.3. The zero-order chi connectivity index (χ0) is 14.2. The van der Waals surface area contributed by atoms with Crippen molar-refractivity contribution in [3.8, 4) is 0 Å². The molecule has 0 amide bonds. The Bertz CT molecular complexity index is 741. The van der Waals surface area contributed by atoms with Crippen LogP contribution >= 0.6 is 0 Å². The first-order chi connectivity index (χ1) is 10.3. The minimum absolute atomic E-state index is 0.0224. The van der Waals surface area contributed by atoms with Crippen molar-refractivity contribution in [2.75, 3.05) is 0 Å². The van der Waals surface area contributed by atoms with Crippen molar-refractivity contribution in [1.82, 2.24) is 0 Å². The largest absolute Gasteiger partial charge is 0.459 e. The summed E-state index contributed by atoms with van der Waals surface area (Å²) in [5.41, 5.74) is 10.3. The van der Waals surface area contributed by atoms with Crippen LogP contribution in [-0.4, -0.2) is 0 Å². The predicted molar refractivity (Wildman–Crippen MR) is 85.1 cm³/mol. The fourth-order valence-corrected chi connectivity index (χ4v) is 3.43. The summed E-state index contributed by atoms with van der Waals surface area (Å²) in [6.07, 6.45) is 3.30. The monoisotopic (exact) mass is 277 g/mol. The number of hydrogen-bond donors (Lipinski definition) is 1. The van der Waals surface area contributed by atoms with Crippen molar-refractivity contribution in [2.45, 2.75) is 25.3 Å². The van der Waals surface area contributed by atoms with Crippen LogP contribution in [0.3, 0.4) is 0 Å². The summed E-state index contributed by atoms with van der Waals surface area (Å²) in [7, 11) is 0. The van der Waals surface area contributed by atoms with Crippen LogP contribution < -0.4 is 5.73 Å². The number of para-hydroxylation sites is 1. The average molecular weight is 277 g/mol. The molecule has 0 spiro atoms. The Balaban J connectivity index is 1.62. The molecule has 21 heavy (non-hydrogen) atoms. The molecule has 2 aromatic carbocycles. The van der Waals surface area contributed by atoms with Crippen molar-refractivity contribution in [3.63, 3.8) is 0 Å². The van der Waals surface area contributed by atoms with E-state index in [0.29, 0.717) is 5.92 Å². The van der Waals surface area contributed by atoms with Crippen LogP contribution in [0.5, 0.6) is 0 Å². The van der Waals surface area contributed by atoms with Gasteiger partial charge in [-0.05, 0) is 48.4 Å². The molecule has 2 heteroatoms. The molecule has 2 N–H and O–H groups in total. The first-order valence-corrected chi connectivity index (χ1v) is 7.62. The van der Waals surface area contributed by atoms with Gasteiger partial charge in [-0.2, -0.15) is 0 Å². The Morgan fingerprint density at radius 2 is 1.76 bits per heavy atom. The molecule has 4 rings (SSSR count). The van der Waals surface area contributed by atoms with Gasteiger partial charge < -0.3 is 10.2 Å². The average Bonchev–Trinajstić information content (AvgIpc) is 2.97. The summed E-state index contributed by atoms with van der Waals surface area (Å²) in [5.74, 6) is 1.38. The number of furan rings is 1. The molecule has 0 bridgehead atoms. The summed E-state index contributed by atoms with van der Waals surface area (Å²) in [6, 6.07) is 18.9. The Kier molecular flexibility index (Phi) is 3.04. The van der Waals surface area contributed by atoms with Crippen molar-refractivity contribution in [2.24, 2.45) is 11.7 Å². The smallest absolute Gasteiger partial charge is 0.134 e. The summed E-state index contributed by atoms with van der Waals surface area (Å²) >= 11 is 0. The third-order valence-corrected chi connectivity index (χ3v) is 4.67. The van der Waals surface area contributed by atoms with Gasteiger partial charge in [-0.25, -0.2) is 0 Å². The van der Waals surface area contributed by atoms with Crippen LogP contribution in [0.4, 0.5) is 0 Å². The van der Waals surface area contributed by atoms with Crippen LogP contribution in [0.2, 0.25) is 0 Å². The van der Waals surface area contributed by atoms with Gasteiger partial charge in [0.25, 0.3) is 0 Å². The third-order valence-electron chi connectivity index (χ3n) is 4.67. The zero-order valence-electron chi connectivity index (χ0n) is 12.0. The lowest BCUT2D eigenvalue weighted by molar-refractivity contribution is 0.340. The molecular weight excluding hydrogens is 258 g/mol. The molecule has 1 aliphatic carbocycles. The van der Waals surface area contributed by atoms with Gasteiger partial charge in [0.15, 0.2) is 0 Å². The minimum Gasteiger partial charge on any atom is -0.459 e. The van der Waals surface area contributed by atoms with E-state index in [2.05, 4.69) is 36.4 Å². The minimum atomic E-state index is -0.0224. The van der Waals surface area contributed by atoms with E-state index in [1.54, 1.807) is 0 Å². The maximum absolute atomic E-state index is 6.50. The summed E-state index contributed by atoms with van der Waals surface area (Å²) in [4.78, 5) is 0. The fourth-order valence-electron chi connectivity index (χ4n) is 3.43. The van der Waals surface area contributed by atoms with Gasteiger partial charge in [0, 0.05) is 5.39 Å². The Hall–Kier alpha value is -2.06. The molecule has 2 atom stereocenters. The van der Waals surface area contributed by atoms with E-state index in [0.717, 1.165) is 36.0 Å². The maximum Gasteiger partial charge on any atom is 0.134 e. The van der Waals surface area contributed by atoms with E-state index in [1.165, 1.54) is 11.1 Å². The lowest BCUT2D eigenvalue weighted by atomic mass is 9.79. The summed E-state index contributed by atoms with van der Waals surface area (Å²) in [5, 5.41) is 1.14. The van der Waals surface area contributed by atoms with Gasteiger partial charge in [-0.1, -0.05) is 42.5 Å². The highest BCUT2D eigenvalue weighted by Crippen LogP contribution is 2.34. The number of fused-ring (bicyclic) bond motifs is 2. The van der Waals surface area contributed by atoms with Gasteiger partial charge in [0.05, 0.1) is 6.04 Å². The number of hydrogen-bond acceptors (Lipinski definition) is 2. The van der Waals surface area contributed by atoms with Crippen molar-refractivity contribution < 1.29 is 4.42 Å². The molecule has 1 heterocycles. The van der Waals surface area contributed by atoms with Crippen molar-refractivity contribution in [3.05, 3.63) is 71.5 Å². The molecule has 2 unspecified atom stereocenters. The molecule has 2 nitrogen and oxygen atoms in total. The zero-order valence-corrected chi connectivity index (χ0v) is 12.0. The van der Waals surface area contributed by atoms with E-state index >= 15 is 0 Å². The molecule has 3 aromatic rings. The lowest BCUT2D eigenvalue weighted by Crippen LogP contribution is -2.26. The molecule has 0 aliphatic heterocycles. The Morgan fingerprint density at radius 1 is 1.00 bits per heavy atom. The number of rotatable bonds is 2. The van der Waals surface area contributed by atoms with Crippen LogP contribution in [0.15, 0.2) is 59.0 Å². The molecule has 106 valence electrons. The second-order valence-corrected chi connectivity index (χ2v) is 5.98. The van der Waals surface area contributed by atoms with E-state index in [9.17, 15) is 0 Å². The fraction of sp³-hybridized carbons (Fsp3) is 0.263. The maximum atomic E-state index is 6.50. The molecule has 0 saturated heterocycles. The first-order valence-electron chi connectivity index (χ1n) is 7.62. The molecule has 1 aromatic heterocycles. The number of benzene rings is 2. The van der Waals surface area contributed by atoms with Crippen LogP contribution in [0, 0.1) is 5.92 Å². The van der Waals surface area contributed by atoms with Gasteiger partial charge in [-0.3, -0.25) is 0 Å². The van der Waals surface area contributed by atoms with Gasteiger partial charge >= 0.3 is 0 Å². The van der Waals surface area contributed by atoms with E-state index in [4.69, 9.17) is 10.2 Å². The van der Waals surface area contributed by atoms with Crippen LogP contribution in [0.1, 0.15) is 29.3 Å². The number of aryl methyl sites for hydroxylation is 1. The topological polar surface area (TPSA) is 39.2 Å². The third kappa shape index (κ3) is 2.26. The Labute approximate surface area is 124 Å². The molecule has 0 radical (unpaired) electrons. The normalized spacial score (nSPS) is 19.4.